The molecule has 3 aromatic carbocycles. The van der Waals surface area contributed by atoms with Crippen LogP contribution in [-0.2, 0) is 14.6 Å². The highest BCUT2D eigenvalue weighted by Crippen LogP contribution is 2.27. The van der Waals surface area contributed by atoms with Crippen LogP contribution in [-0.4, -0.2) is 26.6 Å². The molecule has 4 nitrogen and oxygen atoms in total. The van der Waals surface area contributed by atoms with Gasteiger partial charge in [0, 0.05) is 12.5 Å². The van der Waals surface area contributed by atoms with E-state index in [9.17, 15) is 13.2 Å². The maximum Gasteiger partial charge on any atom is 0.235 e. The fourth-order valence-electron chi connectivity index (χ4n) is 3.54. The molecule has 0 aliphatic carbocycles. The Kier molecular flexibility index (Phi) is 7.41. The minimum atomic E-state index is -3.58. The molecular weight excluding hydrogens is 394 g/mol. The number of carbonyl (C=O) groups is 1. The molecule has 0 heterocycles. The number of sulfone groups is 1. The summed E-state index contributed by atoms with van der Waals surface area (Å²) in [6, 6.07) is 29.2. The molecule has 1 N–H and O–H groups in total. The van der Waals surface area contributed by atoms with Crippen LogP contribution in [0, 0.1) is 0 Å². The van der Waals surface area contributed by atoms with Gasteiger partial charge in [0.15, 0.2) is 9.84 Å². The van der Waals surface area contributed by atoms with E-state index >= 15 is 0 Å². The fourth-order valence-corrected chi connectivity index (χ4v) is 4.83. The van der Waals surface area contributed by atoms with Gasteiger partial charge in [-0.05, 0) is 30.0 Å². The maximum absolute atomic E-state index is 12.6. The van der Waals surface area contributed by atoms with Gasteiger partial charge in [-0.3, -0.25) is 4.79 Å². The van der Waals surface area contributed by atoms with Gasteiger partial charge in [0.05, 0.1) is 5.25 Å². The maximum atomic E-state index is 12.6. The molecule has 1 amide bonds. The molecule has 0 saturated carbocycles. The second-order valence-corrected chi connectivity index (χ2v) is 9.69. The van der Waals surface area contributed by atoms with Crippen LogP contribution < -0.4 is 5.32 Å². The quantitative estimate of drug-likeness (QED) is 0.553. The summed E-state index contributed by atoms with van der Waals surface area (Å²) >= 11 is 0. The normalized spacial score (nSPS) is 12.5. The van der Waals surface area contributed by atoms with Crippen molar-refractivity contribution in [2.45, 2.75) is 24.5 Å². The topological polar surface area (TPSA) is 63.2 Å². The number of hydrogen-bond acceptors (Lipinski definition) is 3. The first-order valence-corrected chi connectivity index (χ1v) is 11.8. The van der Waals surface area contributed by atoms with Crippen LogP contribution in [0.1, 0.15) is 41.2 Å². The van der Waals surface area contributed by atoms with Gasteiger partial charge < -0.3 is 5.32 Å². The molecule has 0 fully saturated rings. The van der Waals surface area contributed by atoms with Crippen LogP contribution in [0.15, 0.2) is 91.0 Å². The zero-order valence-corrected chi connectivity index (χ0v) is 17.9. The van der Waals surface area contributed by atoms with Gasteiger partial charge in [0.1, 0.15) is 5.75 Å². The van der Waals surface area contributed by atoms with E-state index in [0.29, 0.717) is 18.5 Å². The van der Waals surface area contributed by atoms with Crippen molar-refractivity contribution in [1.82, 2.24) is 5.32 Å². The van der Waals surface area contributed by atoms with E-state index in [-0.39, 0.29) is 5.92 Å². The van der Waals surface area contributed by atoms with Gasteiger partial charge >= 0.3 is 0 Å². The summed E-state index contributed by atoms with van der Waals surface area (Å²) in [5, 5.41) is 2.08. The van der Waals surface area contributed by atoms with Crippen LogP contribution in [0.5, 0.6) is 0 Å². The minimum Gasteiger partial charge on any atom is -0.355 e. The van der Waals surface area contributed by atoms with Crippen LogP contribution in [0.3, 0.4) is 0 Å². The van der Waals surface area contributed by atoms with E-state index < -0.39 is 26.7 Å². The lowest BCUT2D eigenvalue weighted by Crippen LogP contribution is -2.33. The Morgan fingerprint density at radius 2 is 1.20 bits per heavy atom. The lowest BCUT2D eigenvalue weighted by molar-refractivity contribution is -0.118. The number of hydrogen-bond donors (Lipinski definition) is 1. The molecule has 0 aromatic heterocycles. The molecule has 30 heavy (non-hydrogen) atoms. The third kappa shape index (κ3) is 5.80. The highest BCUT2D eigenvalue weighted by molar-refractivity contribution is 7.92. The molecule has 0 radical (unpaired) electrons. The molecule has 3 aromatic rings. The molecule has 0 aliphatic rings. The summed E-state index contributed by atoms with van der Waals surface area (Å²) in [6.45, 7) is 2.03. The van der Waals surface area contributed by atoms with Gasteiger partial charge in [0.2, 0.25) is 5.91 Å². The summed E-state index contributed by atoms with van der Waals surface area (Å²) in [4.78, 5) is 12.4. The molecule has 0 aliphatic heterocycles. The van der Waals surface area contributed by atoms with Crippen molar-refractivity contribution in [2.24, 2.45) is 0 Å². The molecule has 0 bridgehead atoms. The first kappa shape index (κ1) is 21.8. The summed E-state index contributed by atoms with van der Waals surface area (Å²) in [5.41, 5.74) is 3.03. The Hall–Kier alpha value is -2.92. The molecule has 1 atom stereocenters. The van der Waals surface area contributed by atoms with Gasteiger partial charge in [0.25, 0.3) is 0 Å². The Morgan fingerprint density at radius 1 is 0.767 bits per heavy atom. The third-order valence-electron chi connectivity index (χ3n) is 5.30. The summed E-state index contributed by atoms with van der Waals surface area (Å²) in [6.07, 6.45) is 0.689. The number of carbonyl (C=O) groups excluding carboxylic acids is 1. The lowest BCUT2D eigenvalue weighted by Gasteiger charge is -2.19. The monoisotopic (exact) mass is 421 g/mol. The number of benzene rings is 3. The zero-order chi connectivity index (χ0) is 21.4. The Morgan fingerprint density at radius 3 is 1.67 bits per heavy atom. The largest absolute Gasteiger partial charge is 0.355 e. The van der Waals surface area contributed by atoms with Gasteiger partial charge in [-0.15, -0.1) is 0 Å². The number of nitrogens with one attached hydrogen (secondary N) is 1. The zero-order valence-electron chi connectivity index (χ0n) is 17.1. The first-order valence-electron chi connectivity index (χ1n) is 10.1. The SMILES string of the molecule is CC(c1ccccc1)S(=O)(=O)CC(=O)NCCC(c1ccccc1)c1ccccc1. The van der Waals surface area contributed by atoms with Crippen LogP contribution in [0.2, 0.25) is 0 Å². The second-order valence-electron chi connectivity index (χ2n) is 7.37. The van der Waals surface area contributed by atoms with E-state index in [1.54, 1.807) is 31.2 Å². The van der Waals surface area contributed by atoms with Crippen molar-refractivity contribution in [2.75, 3.05) is 12.3 Å². The van der Waals surface area contributed by atoms with Crippen molar-refractivity contribution in [3.8, 4) is 0 Å². The molecule has 0 saturated heterocycles. The van der Waals surface area contributed by atoms with Gasteiger partial charge in [-0.1, -0.05) is 91.0 Å². The van der Waals surface area contributed by atoms with Crippen molar-refractivity contribution in [3.05, 3.63) is 108 Å². The predicted octanol–water partition coefficient (Wildman–Crippen LogP) is 4.50. The molecule has 1 unspecified atom stereocenters. The van der Waals surface area contributed by atoms with Gasteiger partial charge in [-0.2, -0.15) is 0 Å². The summed E-state index contributed by atoms with van der Waals surface area (Å²) < 4.78 is 25.2. The predicted molar refractivity (Wildman–Crippen MR) is 121 cm³/mol. The standard InChI is InChI=1S/C25H27NO3S/c1-20(21-11-5-2-6-12-21)30(28,29)19-25(27)26-18-17-24(22-13-7-3-8-14-22)23-15-9-4-10-16-23/h2-16,20,24H,17-19H2,1H3,(H,26,27). The smallest absolute Gasteiger partial charge is 0.235 e. The number of amides is 1. The van der Waals surface area contributed by atoms with Crippen molar-refractivity contribution >= 4 is 15.7 Å². The molecule has 0 spiro atoms. The summed E-state index contributed by atoms with van der Waals surface area (Å²) in [7, 11) is -3.58. The molecule has 156 valence electrons. The van der Waals surface area contributed by atoms with Crippen LogP contribution in [0.25, 0.3) is 0 Å². The molecular formula is C25H27NO3S. The van der Waals surface area contributed by atoms with E-state index in [0.717, 1.165) is 0 Å². The minimum absolute atomic E-state index is 0.132. The Balaban J connectivity index is 1.60. The van der Waals surface area contributed by atoms with E-state index in [4.69, 9.17) is 0 Å². The first-order chi connectivity index (χ1) is 14.5. The average molecular weight is 422 g/mol. The van der Waals surface area contributed by atoms with E-state index in [1.807, 2.05) is 42.5 Å². The van der Waals surface area contributed by atoms with Crippen molar-refractivity contribution in [1.29, 1.82) is 0 Å². The van der Waals surface area contributed by atoms with Crippen molar-refractivity contribution in [3.63, 3.8) is 0 Å². The summed E-state index contributed by atoms with van der Waals surface area (Å²) in [5.74, 6) is -0.838. The fraction of sp³-hybridized carbons (Fsp3) is 0.240. The van der Waals surface area contributed by atoms with Crippen LogP contribution in [0.4, 0.5) is 0 Å². The second kappa shape index (κ2) is 10.2. The number of rotatable bonds is 9. The van der Waals surface area contributed by atoms with Gasteiger partial charge in [-0.25, -0.2) is 8.42 Å². The third-order valence-corrected chi connectivity index (χ3v) is 7.31. The Bertz CT molecular complexity index is 996. The lowest BCUT2D eigenvalue weighted by atomic mass is 9.88. The van der Waals surface area contributed by atoms with E-state index in [2.05, 4.69) is 29.6 Å². The highest BCUT2D eigenvalue weighted by atomic mass is 32.2. The van der Waals surface area contributed by atoms with E-state index in [1.165, 1.54) is 11.1 Å². The average Bonchev–Trinajstić information content (AvgIpc) is 2.77. The van der Waals surface area contributed by atoms with Crippen molar-refractivity contribution < 1.29 is 13.2 Å². The molecule has 5 heteroatoms. The molecule has 3 rings (SSSR count). The van der Waals surface area contributed by atoms with Crippen LogP contribution >= 0.6 is 0 Å². The highest BCUT2D eigenvalue weighted by Gasteiger charge is 2.25. The Labute approximate surface area is 178 Å².